The van der Waals surface area contributed by atoms with Gasteiger partial charge in [0.2, 0.25) is 0 Å². The van der Waals surface area contributed by atoms with E-state index in [2.05, 4.69) is 25.9 Å². The van der Waals surface area contributed by atoms with E-state index in [-0.39, 0.29) is 36.3 Å². The molecule has 0 radical (unpaired) electrons. The molecular formula is C22H20BrN3O3. The first-order valence-electron chi connectivity index (χ1n) is 9.78. The number of H-pyrrole nitrogens is 1. The van der Waals surface area contributed by atoms with Gasteiger partial charge < -0.3 is 9.72 Å². The Morgan fingerprint density at radius 1 is 1.21 bits per heavy atom. The summed E-state index contributed by atoms with van der Waals surface area (Å²) in [5.74, 6) is 0.835. The Bertz CT molecular complexity index is 1130. The fourth-order valence-corrected chi connectivity index (χ4v) is 5.04. The number of halogens is 1. The van der Waals surface area contributed by atoms with Crippen LogP contribution in [0.2, 0.25) is 0 Å². The predicted octanol–water partition coefficient (Wildman–Crippen LogP) is 4.55. The van der Waals surface area contributed by atoms with Crippen LogP contribution in [0.3, 0.4) is 0 Å². The van der Waals surface area contributed by atoms with Gasteiger partial charge in [-0.15, -0.1) is 0 Å². The molecule has 1 saturated heterocycles. The number of nitrogens with zero attached hydrogens (tertiary/aromatic N) is 2. The van der Waals surface area contributed by atoms with Gasteiger partial charge in [-0.3, -0.25) is 9.69 Å². The average Bonchev–Trinajstić information content (AvgIpc) is 3.34. The second-order valence-electron chi connectivity index (χ2n) is 7.74. The van der Waals surface area contributed by atoms with E-state index in [1.54, 1.807) is 11.0 Å². The van der Waals surface area contributed by atoms with Crippen LogP contribution < -0.4 is 5.56 Å². The van der Waals surface area contributed by atoms with E-state index in [0.29, 0.717) is 11.2 Å². The lowest BCUT2D eigenvalue weighted by Gasteiger charge is -2.33. The third-order valence-corrected chi connectivity index (χ3v) is 6.47. The molecule has 1 aliphatic heterocycles. The summed E-state index contributed by atoms with van der Waals surface area (Å²) in [5, 5.41) is 0.540. The Labute approximate surface area is 176 Å². The molecule has 1 saturated carbocycles. The summed E-state index contributed by atoms with van der Waals surface area (Å²) >= 11 is 3.45. The summed E-state index contributed by atoms with van der Waals surface area (Å²) in [7, 11) is 0. The van der Waals surface area contributed by atoms with Crippen molar-refractivity contribution in [3.63, 3.8) is 0 Å². The number of hydrogen-bond donors (Lipinski definition) is 1. The van der Waals surface area contributed by atoms with Gasteiger partial charge in [0.15, 0.2) is 0 Å². The molecular weight excluding hydrogens is 434 g/mol. The van der Waals surface area contributed by atoms with Gasteiger partial charge in [-0.25, -0.2) is 4.79 Å². The number of nitrogens with one attached hydrogen (secondary N) is 1. The van der Waals surface area contributed by atoms with Gasteiger partial charge in [0.1, 0.15) is 12.4 Å². The summed E-state index contributed by atoms with van der Waals surface area (Å²) in [6.07, 6.45) is 2.57. The number of ether oxygens (including phenoxy) is 1. The molecule has 6 nitrogen and oxygen atoms in total. The molecule has 1 N–H and O–H groups in total. The predicted molar refractivity (Wildman–Crippen MR) is 112 cm³/mol. The molecule has 1 amide bonds. The van der Waals surface area contributed by atoms with Crippen LogP contribution in [-0.2, 0) is 11.3 Å². The smallest absolute Gasteiger partial charge is 0.410 e. The first kappa shape index (κ1) is 18.4. The maximum Gasteiger partial charge on any atom is 0.410 e. The van der Waals surface area contributed by atoms with Crippen LogP contribution in [-0.4, -0.2) is 27.0 Å². The normalized spacial score (nSPS) is 22.9. The van der Waals surface area contributed by atoms with Gasteiger partial charge in [0.25, 0.3) is 5.56 Å². The maximum atomic E-state index is 13.0. The lowest BCUT2D eigenvalue weighted by molar-refractivity contribution is 0.0621. The molecule has 2 aromatic carbocycles. The Balaban J connectivity index is 1.46. The topological polar surface area (TPSA) is 75.3 Å². The highest BCUT2D eigenvalue weighted by molar-refractivity contribution is 9.10. The molecule has 2 aliphatic rings. The number of likely N-dealkylation sites (tertiary alicyclic amines) is 1. The summed E-state index contributed by atoms with van der Waals surface area (Å²) in [4.78, 5) is 35.0. The van der Waals surface area contributed by atoms with Crippen molar-refractivity contribution in [2.45, 2.75) is 38.0 Å². The van der Waals surface area contributed by atoms with Crippen LogP contribution >= 0.6 is 15.9 Å². The molecule has 148 valence electrons. The number of hydrogen-bond acceptors (Lipinski definition) is 4. The molecule has 0 spiro atoms. The van der Waals surface area contributed by atoms with Crippen molar-refractivity contribution in [1.29, 1.82) is 0 Å². The molecule has 0 unspecified atom stereocenters. The average molecular weight is 454 g/mol. The minimum absolute atomic E-state index is 0.136. The van der Waals surface area contributed by atoms with Crippen molar-refractivity contribution in [2.24, 2.45) is 5.92 Å². The standard InChI is InChI=1S/C22H20BrN3O3/c23-15-7-9-17-18(11-15)24-20(25-21(17)27)19-14-6-8-16(10-14)26(19)22(28)29-12-13-4-2-1-3-5-13/h1-5,7,9,11,14,16,19H,6,8,10,12H2,(H,24,25,27)/t14-,16+,19-/m0/s1. The number of fused-ring (bicyclic) bond motifs is 3. The largest absolute Gasteiger partial charge is 0.445 e. The van der Waals surface area contributed by atoms with Gasteiger partial charge in [0, 0.05) is 10.5 Å². The maximum absolute atomic E-state index is 13.0. The zero-order chi connectivity index (χ0) is 20.0. The second-order valence-corrected chi connectivity index (χ2v) is 8.65. The van der Waals surface area contributed by atoms with E-state index in [1.807, 2.05) is 42.5 Å². The number of carbonyl (C=O) groups excluding carboxylic acids is 1. The molecule has 2 heterocycles. The number of benzene rings is 2. The van der Waals surface area contributed by atoms with E-state index >= 15 is 0 Å². The van der Waals surface area contributed by atoms with E-state index in [1.165, 1.54) is 0 Å². The zero-order valence-corrected chi connectivity index (χ0v) is 17.3. The number of aromatic amines is 1. The fraction of sp³-hybridized carbons (Fsp3) is 0.318. The molecule has 3 atom stereocenters. The molecule has 1 aromatic heterocycles. The van der Waals surface area contributed by atoms with E-state index in [4.69, 9.17) is 4.74 Å². The number of aromatic nitrogens is 2. The number of carbonyl (C=O) groups is 1. The Morgan fingerprint density at radius 3 is 2.86 bits per heavy atom. The molecule has 2 fully saturated rings. The van der Waals surface area contributed by atoms with Crippen molar-refractivity contribution in [1.82, 2.24) is 14.9 Å². The highest BCUT2D eigenvalue weighted by Crippen LogP contribution is 2.49. The second kappa shape index (κ2) is 7.30. The molecule has 5 rings (SSSR count). The Morgan fingerprint density at radius 2 is 2.03 bits per heavy atom. The van der Waals surface area contributed by atoms with Crippen LogP contribution in [0.15, 0.2) is 57.8 Å². The van der Waals surface area contributed by atoms with Gasteiger partial charge in [0.05, 0.1) is 16.9 Å². The number of piperidine rings is 1. The fourth-order valence-electron chi connectivity index (χ4n) is 4.68. The molecule has 7 heteroatoms. The summed E-state index contributed by atoms with van der Waals surface area (Å²) in [5.41, 5.74) is 1.39. The van der Waals surface area contributed by atoms with Gasteiger partial charge in [-0.2, -0.15) is 4.98 Å². The van der Waals surface area contributed by atoms with Crippen LogP contribution in [0.5, 0.6) is 0 Å². The van der Waals surface area contributed by atoms with Crippen LogP contribution in [0, 0.1) is 5.92 Å². The van der Waals surface area contributed by atoms with Crippen molar-refractivity contribution in [2.75, 3.05) is 0 Å². The van der Waals surface area contributed by atoms with E-state index in [0.717, 1.165) is 34.8 Å². The highest BCUT2D eigenvalue weighted by Gasteiger charge is 2.50. The van der Waals surface area contributed by atoms with Crippen molar-refractivity contribution < 1.29 is 9.53 Å². The highest BCUT2D eigenvalue weighted by atomic mass is 79.9. The van der Waals surface area contributed by atoms with Gasteiger partial charge >= 0.3 is 6.09 Å². The van der Waals surface area contributed by atoms with Gasteiger partial charge in [-0.1, -0.05) is 46.3 Å². The molecule has 3 aromatic rings. The van der Waals surface area contributed by atoms with Crippen LogP contribution in [0.4, 0.5) is 4.79 Å². The van der Waals surface area contributed by atoms with E-state index in [9.17, 15) is 9.59 Å². The monoisotopic (exact) mass is 453 g/mol. The zero-order valence-electron chi connectivity index (χ0n) is 15.7. The molecule has 2 bridgehead atoms. The minimum Gasteiger partial charge on any atom is -0.445 e. The Kier molecular flexibility index (Phi) is 4.62. The van der Waals surface area contributed by atoms with Crippen LogP contribution in [0.1, 0.15) is 36.7 Å². The van der Waals surface area contributed by atoms with Gasteiger partial charge in [-0.05, 0) is 48.9 Å². The minimum atomic E-state index is -0.344. The van der Waals surface area contributed by atoms with Crippen LogP contribution in [0.25, 0.3) is 10.9 Å². The third-order valence-electron chi connectivity index (χ3n) is 5.98. The van der Waals surface area contributed by atoms with Crippen molar-refractivity contribution in [3.05, 3.63) is 74.7 Å². The summed E-state index contributed by atoms with van der Waals surface area (Å²) < 4.78 is 6.49. The quantitative estimate of drug-likeness (QED) is 0.630. The molecule has 1 aliphatic carbocycles. The first-order chi connectivity index (χ1) is 14.1. The number of amides is 1. The third kappa shape index (κ3) is 3.33. The lowest BCUT2D eigenvalue weighted by atomic mass is 9.98. The SMILES string of the molecule is O=C(OCc1ccccc1)N1[C@@H]2CC[C@@H](C2)[C@H]1c1nc(=O)c2ccc(Br)cc2[nH]1. The lowest BCUT2D eigenvalue weighted by Crippen LogP contribution is -2.41. The Hall–Kier alpha value is -2.67. The first-order valence-corrected chi connectivity index (χ1v) is 10.6. The van der Waals surface area contributed by atoms with Crippen molar-refractivity contribution >= 4 is 32.9 Å². The van der Waals surface area contributed by atoms with Crippen molar-refractivity contribution in [3.8, 4) is 0 Å². The summed E-state index contributed by atoms with van der Waals surface area (Å²) in [6, 6.07) is 15.0. The molecule has 29 heavy (non-hydrogen) atoms. The van der Waals surface area contributed by atoms with E-state index < -0.39 is 0 Å². The summed E-state index contributed by atoms with van der Waals surface area (Å²) in [6.45, 7) is 0.231. The number of rotatable bonds is 3.